The molecule has 0 spiro atoms. The van der Waals surface area contributed by atoms with Gasteiger partial charge in [0.05, 0.1) is 39.7 Å². The monoisotopic (exact) mass is 494 g/mol. The molecule has 3 aromatic rings. The summed E-state index contributed by atoms with van der Waals surface area (Å²) in [5.74, 6) is 3.25. The van der Waals surface area contributed by atoms with Crippen LogP contribution < -0.4 is 23.7 Å². The van der Waals surface area contributed by atoms with E-state index in [2.05, 4.69) is 0 Å². The quantitative estimate of drug-likeness (QED) is 0.401. The second-order valence-corrected chi connectivity index (χ2v) is 8.65. The zero-order valence-corrected chi connectivity index (χ0v) is 20.8. The Morgan fingerprint density at radius 3 is 2.31 bits per heavy atom. The van der Waals surface area contributed by atoms with E-state index >= 15 is 0 Å². The molecule has 0 amide bonds. The average Bonchev–Trinajstić information content (AvgIpc) is 3.34. The van der Waals surface area contributed by atoms with Gasteiger partial charge in [-0.15, -0.1) is 0 Å². The summed E-state index contributed by atoms with van der Waals surface area (Å²) in [6.45, 7) is 2.60. The third-order valence-electron chi connectivity index (χ3n) is 6.22. The Labute approximate surface area is 209 Å². The molecule has 0 saturated carbocycles. The molecule has 2 aliphatic heterocycles. The Morgan fingerprint density at radius 1 is 0.971 bits per heavy atom. The van der Waals surface area contributed by atoms with Gasteiger partial charge in [-0.2, -0.15) is 5.10 Å². The van der Waals surface area contributed by atoms with Crippen LogP contribution in [-0.2, 0) is 0 Å². The number of benzene rings is 3. The molecule has 2 heterocycles. The van der Waals surface area contributed by atoms with Crippen molar-refractivity contribution < 1.29 is 23.7 Å². The molecule has 7 nitrogen and oxygen atoms in total. The van der Waals surface area contributed by atoms with Gasteiger partial charge in [0.15, 0.2) is 11.5 Å². The zero-order chi connectivity index (χ0) is 24.5. The number of rotatable bonds is 7. The minimum Gasteiger partial charge on any atom is -0.494 e. The van der Waals surface area contributed by atoms with Gasteiger partial charge in [-0.1, -0.05) is 11.6 Å². The maximum Gasteiger partial charge on any atom is 0.214 e. The lowest BCUT2D eigenvalue weighted by Crippen LogP contribution is -2.33. The van der Waals surface area contributed by atoms with E-state index in [0.717, 1.165) is 33.9 Å². The van der Waals surface area contributed by atoms with Crippen LogP contribution in [0.2, 0.25) is 5.02 Å². The van der Waals surface area contributed by atoms with E-state index in [1.165, 1.54) is 0 Å². The van der Waals surface area contributed by atoms with Gasteiger partial charge in [-0.25, -0.2) is 5.01 Å². The molecule has 0 radical (unpaired) electrons. The first-order valence-electron chi connectivity index (χ1n) is 11.4. The third-order valence-corrected chi connectivity index (χ3v) is 6.46. The number of methoxy groups -OCH3 is 3. The summed E-state index contributed by atoms with van der Waals surface area (Å²) in [5, 5.41) is 7.68. The minimum atomic E-state index is -0.498. The number of hydrogen-bond donors (Lipinski definition) is 0. The first kappa shape index (κ1) is 23.2. The van der Waals surface area contributed by atoms with Gasteiger partial charge < -0.3 is 23.7 Å². The summed E-state index contributed by atoms with van der Waals surface area (Å²) in [6.07, 6.45) is 0.216. The van der Waals surface area contributed by atoms with E-state index in [-0.39, 0.29) is 6.04 Å². The van der Waals surface area contributed by atoms with Gasteiger partial charge in [-0.3, -0.25) is 0 Å². The van der Waals surface area contributed by atoms with Crippen molar-refractivity contribution in [3.63, 3.8) is 0 Å². The van der Waals surface area contributed by atoms with Crippen LogP contribution in [-0.4, -0.2) is 38.7 Å². The summed E-state index contributed by atoms with van der Waals surface area (Å²) < 4.78 is 28.7. The molecular weight excluding hydrogens is 468 g/mol. The Kier molecular flexibility index (Phi) is 6.34. The van der Waals surface area contributed by atoms with Crippen LogP contribution in [0.3, 0.4) is 0 Å². The van der Waals surface area contributed by atoms with Crippen molar-refractivity contribution in [2.75, 3.05) is 27.9 Å². The van der Waals surface area contributed by atoms with Crippen LogP contribution in [0.25, 0.3) is 0 Å². The van der Waals surface area contributed by atoms with Crippen molar-refractivity contribution in [2.45, 2.75) is 25.6 Å². The standard InChI is InChI=1S/C27H27ClN2O5/c1-5-34-19-9-6-16(7-10-19)21-15-22-20-14-18(28)8-11-23(20)35-27(30(22)29-21)17-12-24(31-2)26(33-4)25(13-17)32-3/h6-14,22,27H,5,15H2,1-4H3. The van der Waals surface area contributed by atoms with Crippen molar-refractivity contribution in [3.05, 3.63) is 76.3 Å². The van der Waals surface area contributed by atoms with E-state index in [1.54, 1.807) is 21.3 Å². The molecule has 2 unspecified atom stereocenters. The molecule has 0 N–H and O–H groups in total. The summed E-state index contributed by atoms with van der Waals surface area (Å²) in [4.78, 5) is 0. The second-order valence-electron chi connectivity index (χ2n) is 8.22. The van der Waals surface area contributed by atoms with Gasteiger partial charge in [-0.05, 0) is 67.1 Å². The number of hydrogen-bond acceptors (Lipinski definition) is 7. The van der Waals surface area contributed by atoms with Gasteiger partial charge in [0.25, 0.3) is 0 Å². The topological polar surface area (TPSA) is 61.8 Å². The van der Waals surface area contributed by atoms with E-state index in [9.17, 15) is 0 Å². The van der Waals surface area contributed by atoms with Crippen LogP contribution in [0.4, 0.5) is 0 Å². The molecule has 8 heteroatoms. The van der Waals surface area contributed by atoms with E-state index < -0.39 is 6.23 Å². The maximum absolute atomic E-state index is 6.48. The summed E-state index contributed by atoms with van der Waals surface area (Å²) in [6, 6.07) is 17.5. The highest BCUT2D eigenvalue weighted by Crippen LogP contribution is 2.50. The number of nitrogens with zero attached hydrogens (tertiary/aromatic N) is 2. The van der Waals surface area contributed by atoms with E-state index in [1.807, 2.05) is 66.5 Å². The predicted octanol–water partition coefficient (Wildman–Crippen LogP) is 6.01. The predicted molar refractivity (Wildman–Crippen MR) is 134 cm³/mol. The lowest BCUT2D eigenvalue weighted by Gasteiger charge is -2.38. The molecule has 35 heavy (non-hydrogen) atoms. The fourth-order valence-electron chi connectivity index (χ4n) is 4.61. The molecular formula is C27H27ClN2O5. The number of hydrazone groups is 1. The second kappa shape index (κ2) is 9.58. The van der Waals surface area contributed by atoms with Crippen molar-refractivity contribution in [3.8, 4) is 28.7 Å². The molecule has 5 rings (SSSR count). The first-order valence-corrected chi connectivity index (χ1v) is 11.8. The molecule has 0 aliphatic carbocycles. The van der Waals surface area contributed by atoms with Gasteiger partial charge >= 0.3 is 0 Å². The summed E-state index contributed by atoms with van der Waals surface area (Å²) in [5.41, 5.74) is 3.84. The molecule has 0 saturated heterocycles. The highest BCUT2D eigenvalue weighted by Gasteiger charge is 2.41. The van der Waals surface area contributed by atoms with Crippen molar-refractivity contribution >= 4 is 17.3 Å². The molecule has 0 bridgehead atoms. The lowest BCUT2D eigenvalue weighted by atomic mass is 9.95. The van der Waals surface area contributed by atoms with Crippen LogP contribution in [0, 0.1) is 0 Å². The molecule has 2 atom stereocenters. The Hall–Kier alpha value is -3.58. The van der Waals surface area contributed by atoms with Crippen molar-refractivity contribution in [1.82, 2.24) is 5.01 Å². The van der Waals surface area contributed by atoms with Crippen LogP contribution in [0.5, 0.6) is 28.7 Å². The van der Waals surface area contributed by atoms with E-state index in [0.29, 0.717) is 35.3 Å². The molecule has 182 valence electrons. The SMILES string of the molecule is CCOc1ccc(C2=NN3C(C2)c2cc(Cl)ccc2OC3c2cc(OC)c(OC)c(OC)c2)cc1. The van der Waals surface area contributed by atoms with Gasteiger partial charge in [0, 0.05) is 22.6 Å². The number of halogens is 1. The van der Waals surface area contributed by atoms with Crippen molar-refractivity contribution in [2.24, 2.45) is 5.10 Å². The van der Waals surface area contributed by atoms with Crippen molar-refractivity contribution in [1.29, 1.82) is 0 Å². The highest BCUT2D eigenvalue weighted by atomic mass is 35.5. The summed E-state index contributed by atoms with van der Waals surface area (Å²) in [7, 11) is 4.78. The Bertz CT molecular complexity index is 1240. The first-order chi connectivity index (χ1) is 17.1. The van der Waals surface area contributed by atoms with Crippen LogP contribution in [0.15, 0.2) is 59.7 Å². The fourth-order valence-corrected chi connectivity index (χ4v) is 4.79. The smallest absolute Gasteiger partial charge is 0.214 e. The average molecular weight is 495 g/mol. The Balaban J connectivity index is 1.59. The molecule has 0 fully saturated rings. The Morgan fingerprint density at radius 2 is 1.69 bits per heavy atom. The number of fused-ring (bicyclic) bond motifs is 3. The van der Waals surface area contributed by atoms with Gasteiger partial charge in [0.1, 0.15) is 11.5 Å². The lowest BCUT2D eigenvalue weighted by molar-refractivity contribution is -0.0192. The molecule has 2 aliphatic rings. The van der Waals surface area contributed by atoms with E-state index in [4.69, 9.17) is 40.4 Å². The summed E-state index contributed by atoms with van der Waals surface area (Å²) >= 11 is 6.36. The third kappa shape index (κ3) is 4.21. The highest BCUT2D eigenvalue weighted by molar-refractivity contribution is 6.30. The van der Waals surface area contributed by atoms with Crippen LogP contribution in [0.1, 0.15) is 42.3 Å². The van der Waals surface area contributed by atoms with Gasteiger partial charge in [0.2, 0.25) is 12.0 Å². The maximum atomic E-state index is 6.48. The largest absolute Gasteiger partial charge is 0.494 e. The fraction of sp³-hybridized carbons (Fsp3) is 0.296. The molecule has 3 aromatic carbocycles. The van der Waals surface area contributed by atoms with Crippen LogP contribution >= 0.6 is 11.6 Å². The minimum absolute atomic E-state index is 0.0388. The normalized spacial score (nSPS) is 18.2. The number of ether oxygens (including phenoxy) is 5. The molecule has 0 aromatic heterocycles. The zero-order valence-electron chi connectivity index (χ0n) is 20.1.